The molecule has 0 radical (unpaired) electrons. The molecular formula is C13H23N3O3. The summed E-state index contributed by atoms with van der Waals surface area (Å²) in [5.74, 6) is 0.800. The Morgan fingerprint density at radius 1 is 1.53 bits per heavy atom. The van der Waals surface area contributed by atoms with Crippen molar-refractivity contribution in [2.75, 3.05) is 26.9 Å². The molecule has 108 valence electrons. The molecular weight excluding hydrogens is 246 g/mol. The fourth-order valence-corrected chi connectivity index (χ4v) is 2.33. The molecule has 1 aromatic rings. The fraction of sp³-hybridized carbons (Fsp3) is 0.769. The molecule has 0 aromatic carbocycles. The van der Waals surface area contributed by atoms with Crippen molar-refractivity contribution >= 4 is 0 Å². The van der Waals surface area contributed by atoms with Crippen molar-refractivity contribution in [3.63, 3.8) is 0 Å². The second-order valence-corrected chi connectivity index (χ2v) is 4.64. The first-order valence-electron chi connectivity index (χ1n) is 6.78. The second-order valence-electron chi connectivity index (χ2n) is 4.64. The highest BCUT2D eigenvalue weighted by atomic mass is 16.7. The number of rotatable bonds is 7. The fourth-order valence-electron chi connectivity index (χ4n) is 2.33. The van der Waals surface area contributed by atoms with Crippen molar-refractivity contribution < 1.29 is 14.2 Å². The van der Waals surface area contributed by atoms with Gasteiger partial charge in [0.15, 0.2) is 12.0 Å². The summed E-state index contributed by atoms with van der Waals surface area (Å²) in [4.78, 5) is 0. The van der Waals surface area contributed by atoms with E-state index in [0.29, 0.717) is 13.2 Å². The average molecular weight is 269 g/mol. The molecule has 1 saturated heterocycles. The van der Waals surface area contributed by atoms with Crippen LogP contribution in [0.25, 0.3) is 0 Å². The van der Waals surface area contributed by atoms with Gasteiger partial charge in [0.25, 0.3) is 0 Å². The molecule has 0 spiro atoms. The van der Waals surface area contributed by atoms with Gasteiger partial charge >= 0.3 is 0 Å². The van der Waals surface area contributed by atoms with Gasteiger partial charge in [-0.3, -0.25) is 4.68 Å². The van der Waals surface area contributed by atoms with E-state index in [1.54, 1.807) is 13.3 Å². The van der Waals surface area contributed by atoms with Crippen LogP contribution in [0.5, 0.6) is 5.75 Å². The van der Waals surface area contributed by atoms with E-state index in [1.807, 2.05) is 11.7 Å². The smallest absolute Gasteiger partial charge is 0.161 e. The van der Waals surface area contributed by atoms with Crippen LogP contribution in [0.3, 0.4) is 0 Å². The van der Waals surface area contributed by atoms with Gasteiger partial charge in [-0.2, -0.15) is 5.10 Å². The first kappa shape index (κ1) is 14.3. The zero-order chi connectivity index (χ0) is 13.7. The lowest BCUT2D eigenvalue weighted by Crippen LogP contribution is -2.28. The molecule has 1 N–H and O–H groups in total. The summed E-state index contributed by atoms with van der Waals surface area (Å²) in [6, 6.07) is 0.116. The predicted octanol–water partition coefficient (Wildman–Crippen LogP) is 1.23. The molecule has 0 saturated carbocycles. The van der Waals surface area contributed by atoms with Crippen LogP contribution in [-0.2, 0) is 16.5 Å². The quantitative estimate of drug-likeness (QED) is 0.807. The van der Waals surface area contributed by atoms with Gasteiger partial charge in [0, 0.05) is 13.5 Å². The Kier molecular flexibility index (Phi) is 5.18. The number of aromatic nitrogens is 2. The Morgan fingerprint density at radius 3 is 2.89 bits per heavy atom. The van der Waals surface area contributed by atoms with Crippen molar-refractivity contribution in [1.29, 1.82) is 0 Å². The van der Waals surface area contributed by atoms with Crippen LogP contribution in [-0.4, -0.2) is 42.9 Å². The maximum atomic E-state index is 5.54. The Labute approximate surface area is 114 Å². The highest BCUT2D eigenvalue weighted by molar-refractivity contribution is 5.28. The highest BCUT2D eigenvalue weighted by Crippen LogP contribution is 2.29. The SMILES string of the molecule is CCCNC(CC1OCCO1)c1c(OC)cnn1C. The standard InChI is InChI=1S/C13H23N3O3/c1-4-5-14-10(8-12-18-6-7-19-12)13-11(17-3)9-15-16(13)2/h9-10,12,14H,4-8H2,1-3H3. The Bertz CT molecular complexity index is 388. The first-order valence-corrected chi connectivity index (χ1v) is 6.78. The lowest BCUT2D eigenvalue weighted by atomic mass is 10.1. The molecule has 6 nitrogen and oxygen atoms in total. The van der Waals surface area contributed by atoms with Gasteiger partial charge in [0.2, 0.25) is 0 Å². The maximum absolute atomic E-state index is 5.54. The summed E-state index contributed by atoms with van der Waals surface area (Å²) in [6.07, 6.45) is 3.43. The molecule has 2 rings (SSSR count). The highest BCUT2D eigenvalue weighted by Gasteiger charge is 2.26. The topological polar surface area (TPSA) is 57.5 Å². The largest absolute Gasteiger partial charge is 0.493 e. The Hall–Kier alpha value is -1.11. The second kappa shape index (κ2) is 6.88. The third-order valence-corrected chi connectivity index (χ3v) is 3.26. The first-order chi connectivity index (χ1) is 9.26. The van der Waals surface area contributed by atoms with E-state index in [2.05, 4.69) is 17.3 Å². The molecule has 1 aliphatic rings. The van der Waals surface area contributed by atoms with E-state index in [0.717, 1.165) is 30.8 Å². The monoisotopic (exact) mass is 269 g/mol. The van der Waals surface area contributed by atoms with Crippen molar-refractivity contribution in [2.45, 2.75) is 32.1 Å². The molecule has 0 bridgehead atoms. The van der Waals surface area contributed by atoms with Crippen molar-refractivity contribution in [3.8, 4) is 5.75 Å². The number of hydrogen-bond donors (Lipinski definition) is 1. The molecule has 0 amide bonds. The van der Waals surface area contributed by atoms with Crippen LogP contribution < -0.4 is 10.1 Å². The third kappa shape index (κ3) is 3.46. The van der Waals surface area contributed by atoms with Crippen LogP contribution in [0.1, 0.15) is 31.5 Å². The van der Waals surface area contributed by atoms with E-state index in [-0.39, 0.29) is 12.3 Å². The van der Waals surface area contributed by atoms with Crippen LogP contribution >= 0.6 is 0 Å². The summed E-state index contributed by atoms with van der Waals surface area (Å²) in [7, 11) is 3.59. The summed E-state index contributed by atoms with van der Waals surface area (Å²) in [5.41, 5.74) is 1.04. The third-order valence-electron chi connectivity index (χ3n) is 3.26. The van der Waals surface area contributed by atoms with Gasteiger partial charge < -0.3 is 19.5 Å². The van der Waals surface area contributed by atoms with Crippen LogP contribution in [0.2, 0.25) is 0 Å². The molecule has 0 aliphatic carbocycles. The van der Waals surface area contributed by atoms with E-state index in [9.17, 15) is 0 Å². The number of hydrogen-bond acceptors (Lipinski definition) is 5. The number of nitrogens with zero attached hydrogens (tertiary/aromatic N) is 2. The molecule has 1 unspecified atom stereocenters. The molecule has 2 heterocycles. The molecule has 1 fully saturated rings. The minimum Gasteiger partial charge on any atom is -0.493 e. The summed E-state index contributed by atoms with van der Waals surface area (Å²) < 4.78 is 18.3. The number of aryl methyl sites for hydroxylation is 1. The van der Waals surface area contributed by atoms with Crippen LogP contribution in [0, 0.1) is 0 Å². The maximum Gasteiger partial charge on any atom is 0.161 e. The van der Waals surface area contributed by atoms with E-state index >= 15 is 0 Å². The molecule has 19 heavy (non-hydrogen) atoms. The van der Waals surface area contributed by atoms with Gasteiger partial charge in [0.1, 0.15) is 0 Å². The lowest BCUT2D eigenvalue weighted by Gasteiger charge is -2.22. The lowest BCUT2D eigenvalue weighted by molar-refractivity contribution is -0.0535. The van der Waals surface area contributed by atoms with Crippen molar-refractivity contribution in [3.05, 3.63) is 11.9 Å². The van der Waals surface area contributed by atoms with E-state index in [4.69, 9.17) is 14.2 Å². The summed E-state index contributed by atoms with van der Waals surface area (Å²) in [6.45, 7) is 4.43. The minimum atomic E-state index is -0.144. The normalized spacial score (nSPS) is 17.8. The van der Waals surface area contributed by atoms with Crippen LogP contribution in [0.4, 0.5) is 0 Å². The van der Waals surface area contributed by atoms with Gasteiger partial charge in [-0.25, -0.2) is 0 Å². The number of methoxy groups -OCH3 is 1. The van der Waals surface area contributed by atoms with Gasteiger partial charge in [0.05, 0.1) is 38.3 Å². The Morgan fingerprint density at radius 2 is 2.26 bits per heavy atom. The zero-order valence-electron chi connectivity index (χ0n) is 11.9. The predicted molar refractivity (Wildman–Crippen MR) is 71.1 cm³/mol. The van der Waals surface area contributed by atoms with Crippen molar-refractivity contribution in [1.82, 2.24) is 15.1 Å². The number of ether oxygens (including phenoxy) is 3. The number of nitrogens with one attached hydrogen (secondary N) is 1. The van der Waals surface area contributed by atoms with Crippen LogP contribution in [0.15, 0.2) is 6.20 Å². The average Bonchev–Trinajstić information content (AvgIpc) is 3.04. The van der Waals surface area contributed by atoms with Gasteiger partial charge in [-0.05, 0) is 13.0 Å². The summed E-state index contributed by atoms with van der Waals surface area (Å²) in [5, 5.41) is 7.77. The van der Waals surface area contributed by atoms with Crippen molar-refractivity contribution in [2.24, 2.45) is 7.05 Å². The molecule has 1 aliphatic heterocycles. The van der Waals surface area contributed by atoms with Gasteiger partial charge in [-0.15, -0.1) is 0 Å². The molecule has 1 atom stereocenters. The van der Waals surface area contributed by atoms with E-state index < -0.39 is 0 Å². The molecule has 6 heteroatoms. The van der Waals surface area contributed by atoms with Gasteiger partial charge in [-0.1, -0.05) is 6.92 Å². The summed E-state index contributed by atoms with van der Waals surface area (Å²) >= 11 is 0. The zero-order valence-corrected chi connectivity index (χ0v) is 11.9. The Balaban J connectivity index is 2.12. The van der Waals surface area contributed by atoms with E-state index in [1.165, 1.54) is 0 Å². The molecule has 1 aromatic heterocycles. The minimum absolute atomic E-state index is 0.116.